The van der Waals surface area contributed by atoms with Gasteiger partial charge in [-0.3, -0.25) is 4.79 Å². The third kappa shape index (κ3) is 6.96. The smallest absolute Gasteiger partial charge is 0.227 e. The highest BCUT2D eigenvalue weighted by molar-refractivity contribution is 5.92. The molecule has 1 aromatic carbocycles. The first kappa shape index (κ1) is 22.0. The quantitative estimate of drug-likeness (QED) is 0.780. The van der Waals surface area contributed by atoms with Crippen LogP contribution >= 0.6 is 24.8 Å². The molecular weight excluding hydrogens is 337 g/mol. The number of anilines is 1. The Bertz CT molecular complexity index is 482. The second-order valence-corrected chi connectivity index (χ2v) is 5.88. The van der Waals surface area contributed by atoms with E-state index < -0.39 is 0 Å². The van der Waals surface area contributed by atoms with Gasteiger partial charge in [0.05, 0.1) is 0 Å². The molecule has 0 bridgehead atoms. The predicted molar refractivity (Wildman–Crippen MR) is 99.1 cm³/mol. The molecule has 0 aliphatic carbocycles. The summed E-state index contributed by atoms with van der Waals surface area (Å²) in [6.07, 6.45) is 0. The van der Waals surface area contributed by atoms with Gasteiger partial charge in [-0.05, 0) is 45.2 Å². The standard InChI is InChI=1S/C16H25N3O2.2ClH/c1-12(13-10-17-11-13)16(20)18-14-5-4-6-15(9-14)21-8-7-19(2)3;;/h4-6,9,12-13,17H,7-8,10-11H2,1-3H3,(H,18,20);2*1H. The molecule has 1 fully saturated rings. The van der Waals surface area contributed by atoms with Gasteiger partial charge in [-0.25, -0.2) is 0 Å². The van der Waals surface area contributed by atoms with E-state index in [-0.39, 0.29) is 36.6 Å². The molecule has 2 N–H and O–H groups in total. The first-order valence-corrected chi connectivity index (χ1v) is 7.45. The summed E-state index contributed by atoms with van der Waals surface area (Å²) in [5, 5.41) is 6.17. The van der Waals surface area contributed by atoms with Gasteiger partial charge in [-0.2, -0.15) is 0 Å². The molecule has 1 atom stereocenters. The third-order valence-electron chi connectivity index (χ3n) is 3.84. The average Bonchev–Trinajstić information content (AvgIpc) is 2.36. The first-order valence-electron chi connectivity index (χ1n) is 7.45. The Morgan fingerprint density at radius 1 is 1.39 bits per heavy atom. The largest absolute Gasteiger partial charge is 0.492 e. The topological polar surface area (TPSA) is 53.6 Å². The van der Waals surface area contributed by atoms with Crippen molar-refractivity contribution in [1.82, 2.24) is 10.2 Å². The second-order valence-electron chi connectivity index (χ2n) is 5.88. The summed E-state index contributed by atoms with van der Waals surface area (Å²) in [5.41, 5.74) is 0.793. The fraction of sp³-hybridized carbons (Fsp3) is 0.562. The van der Waals surface area contributed by atoms with E-state index in [0.29, 0.717) is 12.5 Å². The Morgan fingerprint density at radius 3 is 2.65 bits per heavy atom. The molecule has 1 aliphatic rings. The number of halogens is 2. The SMILES string of the molecule is CC(C(=O)Nc1cccc(OCCN(C)C)c1)C1CNC1.Cl.Cl. The van der Waals surface area contributed by atoms with Crippen molar-refractivity contribution in [2.45, 2.75) is 6.92 Å². The molecule has 1 aromatic rings. The Balaban J connectivity index is 0.00000242. The van der Waals surface area contributed by atoms with E-state index >= 15 is 0 Å². The molecule has 5 nitrogen and oxygen atoms in total. The van der Waals surface area contributed by atoms with Crippen LogP contribution in [-0.2, 0) is 4.79 Å². The minimum Gasteiger partial charge on any atom is -0.492 e. The van der Waals surface area contributed by atoms with Crippen molar-refractivity contribution in [3.8, 4) is 5.75 Å². The first-order chi connectivity index (χ1) is 10.1. The van der Waals surface area contributed by atoms with E-state index in [1.807, 2.05) is 45.3 Å². The number of hydrogen-bond donors (Lipinski definition) is 2. The Hall–Kier alpha value is -1.01. The zero-order valence-corrected chi connectivity index (χ0v) is 15.5. The van der Waals surface area contributed by atoms with Crippen LogP contribution in [0.3, 0.4) is 0 Å². The Labute approximate surface area is 151 Å². The third-order valence-corrected chi connectivity index (χ3v) is 3.84. The molecule has 1 heterocycles. The lowest BCUT2D eigenvalue weighted by atomic mass is 9.88. The Kier molecular flexibility index (Phi) is 10.2. The lowest BCUT2D eigenvalue weighted by molar-refractivity contribution is -0.121. The van der Waals surface area contributed by atoms with Gasteiger partial charge in [-0.15, -0.1) is 24.8 Å². The number of carbonyl (C=O) groups is 1. The Morgan fingerprint density at radius 2 is 2.09 bits per heavy atom. The van der Waals surface area contributed by atoms with Crippen LogP contribution in [0.4, 0.5) is 5.69 Å². The molecule has 23 heavy (non-hydrogen) atoms. The highest BCUT2D eigenvalue weighted by Gasteiger charge is 2.28. The van der Waals surface area contributed by atoms with Crippen molar-refractivity contribution in [2.24, 2.45) is 11.8 Å². The number of likely N-dealkylation sites (N-methyl/N-ethyl adjacent to an activating group) is 1. The van der Waals surface area contributed by atoms with Crippen LogP contribution in [0, 0.1) is 11.8 Å². The fourth-order valence-corrected chi connectivity index (χ4v) is 2.14. The number of benzene rings is 1. The van der Waals surface area contributed by atoms with E-state index in [2.05, 4.69) is 15.5 Å². The number of carbonyl (C=O) groups excluding carboxylic acids is 1. The molecule has 0 radical (unpaired) electrons. The van der Waals surface area contributed by atoms with Gasteiger partial charge in [-0.1, -0.05) is 13.0 Å². The van der Waals surface area contributed by atoms with Crippen LogP contribution in [0.1, 0.15) is 6.92 Å². The minimum atomic E-state index is 0. The van der Waals surface area contributed by atoms with E-state index in [0.717, 1.165) is 31.1 Å². The molecule has 0 spiro atoms. The predicted octanol–water partition coefficient (Wildman–Crippen LogP) is 2.26. The summed E-state index contributed by atoms with van der Waals surface area (Å²) < 4.78 is 5.68. The van der Waals surface area contributed by atoms with Crippen LogP contribution in [-0.4, -0.2) is 51.1 Å². The van der Waals surface area contributed by atoms with Crippen LogP contribution in [0.5, 0.6) is 5.75 Å². The summed E-state index contributed by atoms with van der Waals surface area (Å²) in [4.78, 5) is 14.2. The van der Waals surface area contributed by atoms with Crippen LogP contribution in [0.25, 0.3) is 0 Å². The normalized spacial score (nSPS) is 15.0. The van der Waals surface area contributed by atoms with Crippen LogP contribution < -0.4 is 15.4 Å². The molecule has 1 amide bonds. The van der Waals surface area contributed by atoms with Gasteiger partial charge in [0.2, 0.25) is 5.91 Å². The molecular formula is C16H27Cl2N3O2. The molecule has 0 aromatic heterocycles. The average molecular weight is 364 g/mol. The lowest BCUT2D eigenvalue weighted by Crippen LogP contribution is -2.48. The van der Waals surface area contributed by atoms with Crippen LogP contribution in [0.15, 0.2) is 24.3 Å². The summed E-state index contributed by atoms with van der Waals surface area (Å²) in [6, 6.07) is 7.57. The maximum absolute atomic E-state index is 12.2. The highest BCUT2D eigenvalue weighted by Crippen LogP contribution is 2.21. The molecule has 0 saturated carbocycles. The van der Waals surface area contributed by atoms with Gasteiger partial charge in [0, 0.05) is 24.2 Å². The molecule has 7 heteroatoms. The minimum absolute atomic E-state index is 0. The number of nitrogens with one attached hydrogen (secondary N) is 2. The van der Waals surface area contributed by atoms with Gasteiger partial charge in [0.1, 0.15) is 12.4 Å². The number of hydrogen-bond acceptors (Lipinski definition) is 4. The molecule has 132 valence electrons. The lowest BCUT2D eigenvalue weighted by Gasteiger charge is -2.31. The summed E-state index contributed by atoms with van der Waals surface area (Å²) >= 11 is 0. The zero-order valence-electron chi connectivity index (χ0n) is 13.9. The van der Waals surface area contributed by atoms with Gasteiger partial charge >= 0.3 is 0 Å². The number of rotatable bonds is 7. The zero-order chi connectivity index (χ0) is 15.2. The fourth-order valence-electron chi connectivity index (χ4n) is 2.14. The van der Waals surface area contributed by atoms with Gasteiger partial charge in [0.15, 0.2) is 0 Å². The number of nitrogens with zero attached hydrogens (tertiary/aromatic N) is 1. The highest BCUT2D eigenvalue weighted by atomic mass is 35.5. The number of amides is 1. The van der Waals surface area contributed by atoms with Crippen molar-refractivity contribution < 1.29 is 9.53 Å². The van der Waals surface area contributed by atoms with Crippen molar-refractivity contribution in [3.05, 3.63) is 24.3 Å². The van der Waals surface area contributed by atoms with E-state index in [4.69, 9.17) is 4.74 Å². The maximum atomic E-state index is 12.2. The monoisotopic (exact) mass is 363 g/mol. The van der Waals surface area contributed by atoms with E-state index in [1.165, 1.54) is 0 Å². The summed E-state index contributed by atoms with van der Waals surface area (Å²) in [6.45, 7) is 5.35. The second kappa shape index (κ2) is 10.7. The van der Waals surface area contributed by atoms with E-state index in [1.54, 1.807) is 0 Å². The molecule has 1 aliphatic heterocycles. The van der Waals surface area contributed by atoms with Crippen LogP contribution in [0.2, 0.25) is 0 Å². The number of ether oxygens (including phenoxy) is 1. The van der Waals surface area contributed by atoms with Gasteiger partial charge in [0.25, 0.3) is 0 Å². The summed E-state index contributed by atoms with van der Waals surface area (Å²) in [5.74, 6) is 1.34. The van der Waals surface area contributed by atoms with Crippen molar-refractivity contribution in [3.63, 3.8) is 0 Å². The molecule has 1 saturated heterocycles. The van der Waals surface area contributed by atoms with Crippen molar-refractivity contribution >= 4 is 36.4 Å². The van der Waals surface area contributed by atoms with Crippen molar-refractivity contribution in [2.75, 3.05) is 45.7 Å². The summed E-state index contributed by atoms with van der Waals surface area (Å²) in [7, 11) is 4.02. The molecule has 2 rings (SSSR count). The van der Waals surface area contributed by atoms with Gasteiger partial charge < -0.3 is 20.3 Å². The van der Waals surface area contributed by atoms with E-state index in [9.17, 15) is 4.79 Å². The maximum Gasteiger partial charge on any atom is 0.227 e. The molecule has 1 unspecified atom stereocenters. The van der Waals surface area contributed by atoms with Crippen molar-refractivity contribution in [1.29, 1.82) is 0 Å².